The summed E-state index contributed by atoms with van der Waals surface area (Å²) in [6.07, 6.45) is 0.517. The van der Waals surface area contributed by atoms with E-state index in [4.69, 9.17) is 9.47 Å². The molecule has 0 aliphatic carbocycles. The number of ether oxygens (including phenoxy) is 2. The maximum absolute atomic E-state index is 11.9. The Hall–Kier alpha value is -2.69. The lowest BCUT2D eigenvalue weighted by Gasteiger charge is -2.13. The minimum absolute atomic E-state index is 0.0356. The number of benzene rings is 2. The van der Waals surface area contributed by atoms with E-state index < -0.39 is 0 Å². The van der Waals surface area contributed by atoms with E-state index in [1.165, 1.54) is 0 Å². The molecule has 5 heteroatoms. The van der Waals surface area contributed by atoms with E-state index in [2.05, 4.69) is 10.6 Å². The van der Waals surface area contributed by atoms with Crippen LogP contribution in [0, 0.1) is 5.92 Å². The number of hydrogen-bond donors (Lipinski definition) is 2. The molecular weight excluding hydrogens is 328 g/mol. The number of methoxy groups -OCH3 is 1. The normalized spacial score (nSPS) is 10.5. The Labute approximate surface area is 155 Å². The highest BCUT2D eigenvalue weighted by Crippen LogP contribution is 2.28. The van der Waals surface area contributed by atoms with Crippen LogP contribution in [0.25, 0.3) is 0 Å². The second kappa shape index (κ2) is 9.70. The first-order valence-corrected chi connectivity index (χ1v) is 8.95. The standard InChI is InChI=1S/C21H28N2O3/c1-5-26-19-10-9-16(12-20(19)25-4)14-22-17-7-6-8-18(13-17)23-21(24)11-15(2)3/h6-10,12-13,15,22H,5,11,14H2,1-4H3,(H,23,24). The van der Waals surface area contributed by atoms with Gasteiger partial charge in [0.05, 0.1) is 13.7 Å². The number of anilines is 2. The van der Waals surface area contributed by atoms with Crippen molar-refractivity contribution >= 4 is 17.3 Å². The van der Waals surface area contributed by atoms with Gasteiger partial charge in [-0.05, 0) is 48.7 Å². The molecule has 0 aliphatic heterocycles. The fourth-order valence-corrected chi connectivity index (χ4v) is 2.59. The molecule has 5 nitrogen and oxygen atoms in total. The predicted octanol–water partition coefficient (Wildman–Crippen LogP) is 4.69. The summed E-state index contributed by atoms with van der Waals surface area (Å²) in [5, 5.41) is 6.31. The van der Waals surface area contributed by atoms with Gasteiger partial charge in [0.2, 0.25) is 5.91 Å². The lowest BCUT2D eigenvalue weighted by atomic mass is 10.1. The van der Waals surface area contributed by atoms with Crippen LogP contribution in [0.3, 0.4) is 0 Å². The third kappa shape index (κ3) is 5.99. The lowest BCUT2D eigenvalue weighted by Crippen LogP contribution is -2.13. The van der Waals surface area contributed by atoms with E-state index in [1.54, 1.807) is 7.11 Å². The molecule has 0 saturated carbocycles. The Balaban J connectivity index is 1.99. The molecule has 2 aromatic carbocycles. The minimum Gasteiger partial charge on any atom is -0.493 e. The van der Waals surface area contributed by atoms with E-state index in [1.807, 2.05) is 63.2 Å². The molecule has 0 spiro atoms. The summed E-state index contributed by atoms with van der Waals surface area (Å²) in [5.74, 6) is 1.84. The smallest absolute Gasteiger partial charge is 0.224 e. The number of nitrogens with one attached hydrogen (secondary N) is 2. The average Bonchev–Trinajstić information content (AvgIpc) is 2.60. The molecule has 0 radical (unpaired) electrons. The Morgan fingerprint density at radius 1 is 1.08 bits per heavy atom. The van der Waals surface area contributed by atoms with Gasteiger partial charge in [0.25, 0.3) is 0 Å². The maximum Gasteiger partial charge on any atom is 0.224 e. The Morgan fingerprint density at radius 3 is 2.54 bits per heavy atom. The first-order valence-electron chi connectivity index (χ1n) is 8.95. The van der Waals surface area contributed by atoms with Crippen molar-refractivity contribution in [2.24, 2.45) is 5.92 Å². The third-order valence-corrected chi connectivity index (χ3v) is 3.76. The summed E-state index contributed by atoms with van der Waals surface area (Å²) >= 11 is 0. The number of amides is 1. The van der Waals surface area contributed by atoms with Gasteiger partial charge in [-0.2, -0.15) is 0 Å². The number of rotatable bonds is 9. The van der Waals surface area contributed by atoms with Crippen molar-refractivity contribution in [3.05, 3.63) is 48.0 Å². The maximum atomic E-state index is 11.9. The molecule has 1 amide bonds. The first kappa shape index (κ1) is 19.6. The molecule has 0 aliphatic rings. The van der Waals surface area contributed by atoms with Crippen molar-refractivity contribution in [3.8, 4) is 11.5 Å². The summed E-state index contributed by atoms with van der Waals surface area (Å²) in [4.78, 5) is 11.9. The highest BCUT2D eigenvalue weighted by molar-refractivity contribution is 5.91. The van der Waals surface area contributed by atoms with Crippen molar-refractivity contribution in [2.75, 3.05) is 24.4 Å². The van der Waals surface area contributed by atoms with Gasteiger partial charge in [-0.3, -0.25) is 4.79 Å². The topological polar surface area (TPSA) is 59.6 Å². The first-order chi connectivity index (χ1) is 12.5. The zero-order valence-corrected chi connectivity index (χ0v) is 16.0. The Bertz CT molecular complexity index is 729. The van der Waals surface area contributed by atoms with Crippen molar-refractivity contribution in [1.82, 2.24) is 0 Å². The Kier molecular flexibility index (Phi) is 7.33. The second-order valence-electron chi connectivity index (χ2n) is 6.50. The number of hydrogen-bond acceptors (Lipinski definition) is 4. The van der Waals surface area contributed by atoms with E-state index in [0.29, 0.717) is 25.5 Å². The molecule has 0 bridgehead atoms. The van der Waals surface area contributed by atoms with Gasteiger partial charge < -0.3 is 20.1 Å². The van der Waals surface area contributed by atoms with Gasteiger partial charge in [0.15, 0.2) is 11.5 Å². The van der Waals surface area contributed by atoms with Gasteiger partial charge in [0, 0.05) is 24.3 Å². The van der Waals surface area contributed by atoms with Crippen molar-refractivity contribution in [2.45, 2.75) is 33.7 Å². The van der Waals surface area contributed by atoms with Gasteiger partial charge in [-0.25, -0.2) is 0 Å². The fourth-order valence-electron chi connectivity index (χ4n) is 2.59. The Morgan fingerprint density at radius 2 is 1.85 bits per heavy atom. The van der Waals surface area contributed by atoms with Crippen LogP contribution in [0.2, 0.25) is 0 Å². The van der Waals surface area contributed by atoms with Crippen LogP contribution >= 0.6 is 0 Å². The zero-order chi connectivity index (χ0) is 18.9. The molecule has 140 valence electrons. The zero-order valence-electron chi connectivity index (χ0n) is 16.0. The minimum atomic E-state index is 0.0356. The number of carbonyl (C=O) groups is 1. The summed E-state index contributed by atoms with van der Waals surface area (Å²) in [6.45, 7) is 7.25. The largest absolute Gasteiger partial charge is 0.493 e. The van der Waals surface area contributed by atoms with Gasteiger partial charge in [-0.1, -0.05) is 26.0 Å². The third-order valence-electron chi connectivity index (χ3n) is 3.76. The van der Waals surface area contributed by atoms with E-state index >= 15 is 0 Å². The summed E-state index contributed by atoms with van der Waals surface area (Å²) < 4.78 is 10.9. The molecule has 2 rings (SSSR count). The van der Waals surface area contributed by atoms with Crippen LogP contribution in [-0.4, -0.2) is 19.6 Å². The van der Waals surface area contributed by atoms with Crippen LogP contribution in [0.1, 0.15) is 32.8 Å². The molecule has 2 N–H and O–H groups in total. The molecule has 0 fully saturated rings. The predicted molar refractivity (Wildman–Crippen MR) is 106 cm³/mol. The molecule has 26 heavy (non-hydrogen) atoms. The molecule has 2 aromatic rings. The summed E-state index contributed by atoms with van der Waals surface area (Å²) in [7, 11) is 1.64. The van der Waals surface area contributed by atoms with Gasteiger partial charge >= 0.3 is 0 Å². The molecular formula is C21H28N2O3. The molecule has 0 atom stereocenters. The SMILES string of the molecule is CCOc1ccc(CNc2cccc(NC(=O)CC(C)C)c2)cc1OC. The van der Waals surface area contributed by atoms with Gasteiger partial charge in [0.1, 0.15) is 0 Å². The molecule has 0 saturated heterocycles. The fraction of sp³-hybridized carbons (Fsp3) is 0.381. The van der Waals surface area contributed by atoms with E-state index in [0.717, 1.165) is 28.4 Å². The quantitative estimate of drug-likeness (QED) is 0.684. The monoisotopic (exact) mass is 356 g/mol. The van der Waals surface area contributed by atoms with Crippen LogP contribution in [0.15, 0.2) is 42.5 Å². The van der Waals surface area contributed by atoms with Gasteiger partial charge in [-0.15, -0.1) is 0 Å². The molecule has 0 unspecified atom stereocenters. The van der Waals surface area contributed by atoms with Crippen molar-refractivity contribution in [3.63, 3.8) is 0 Å². The van der Waals surface area contributed by atoms with E-state index in [9.17, 15) is 4.79 Å². The van der Waals surface area contributed by atoms with E-state index in [-0.39, 0.29) is 5.91 Å². The second-order valence-corrected chi connectivity index (χ2v) is 6.50. The van der Waals surface area contributed by atoms with Crippen LogP contribution < -0.4 is 20.1 Å². The summed E-state index contributed by atoms with van der Waals surface area (Å²) in [5.41, 5.74) is 2.82. The molecule has 0 aromatic heterocycles. The number of carbonyl (C=O) groups excluding carboxylic acids is 1. The van der Waals surface area contributed by atoms with Crippen LogP contribution in [-0.2, 0) is 11.3 Å². The van der Waals surface area contributed by atoms with Crippen molar-refractivity contribution in [1.29, 1.82) is 0 Å². The summed E-state index contributed by atoms with van der Waals surface area (Å²) in [6, 6.07) is 13.6. The average molecular weight is 356 g/mol. The highest BCUT2D eigenvalue weighted by Gasteiger charge is 2.07. The van der Waals surface area contributed by atoms with Crippen LogP contribution in [0.4, 0.5) is 11.4 Å². The lowest BCUT2D eigenvalue weighted by molar-refractivity contribution is -0.116. The van der Waals surface area contributed by atoms with Crippen molar-refractivity contribution < 1.29 is 14.3 Å². The van der Waals surface area contributed by atoms with Crippen LogP contribution in [0.5, 0.6) is 11.5 Å². The highest BCUT2D eigenvalue weighted by atomic mass is 16.5. The molecule has 0 heterocycles.